The number of amides is 1. The standard InChI is InChI=1S/C20H25N3O3S3/c1-13(2)6-8-26-9-7-21-16(24)12-29-20-22-18-17(19(25)23(20)3)14(11-28-18)15-5-4-10-27-15/h4-5,10-11,13H,6-9,12H2,1-3H3,(H,21,24). The van der Waals surface area contributed by atoms with E-state index in [9.17, 15) is 9.59 Å². The molecule has 29 heavy (non-hydrogen) atoms. The molecule has 0 radical (unpaired) electrons. The smallest absolute Gasteiger partial charge is 0.263 e. The lowest BCUT2D eigenvalue weighted by molar-refractivity contribution is -0.118. The molecule has 156 valence electrons. The van der Waals surface area contributed by atoms with E-state index in [0.717, 1.165) is 16.9 Å². The second-order valence-corrected chi connectivity index (χ2v) is 9.75. The molecule has 0 fully saturated rings. The summed E-state index contributed by atoms with van der Waals surface area (Å²) in [6, 6.07) is 3.98. The molecular formula is C20H25N3O3S3. The number of carbonyl (C=O) groups is 1. The summed E-state index contributed by atoms with van der Waals surface area (Å²) in [7, 11) is 1.70. The fourth-order valence-electron chi connectivity index (χ4n) is 2.66. The fourth-order valence-corrected chi connectivity index (χ4v) is 5.26. The molecule has 0 bridgehead atoms. The van der Waals surface area contributed by atoms with Crippen LogP contribution in [-0.2, 0) is 16.6 Å². The second-order valence-electron chi connectivity index (χ2n) is 7.00. The van der Waals surface area contributed by atoms with Crippen LogP contribution in [0.5, 0.6) is 0 Å². The SMILES string of the molecule is CC(C)CCOCCNC(=O)CSc1nc2scc(-c3cccs3)c2c(=O)n1C. The molecule has 0 aromatic carbocycles. The first-order chi connectivity index (χ1) is 14.0. The molecule has 3 rings (SSSR count). The molecule has 1 amide bonds. The van der Waals surface area contributed by atoms with E-state index in [4.69, 9.17) is 4.74 Å². The Morgan fingerprint density at radius 2 is 2.17 bits per heavy atom. The minimum atomic E-state index is -0.0951. The third kappa shape index (κ3) is 5.69. The number of thioether (sulfide) groups is 1. The number of nitrogens with one attached hydrogen (secondary N) is 1. The van der Waals surface area contributed by atoms with Crippen molar-refractivity contribution in [2.75, 3.05) is 25.5 Å². The Kier molecular flexibility index (Phi) is 7.88. The average molecular weight is 452 g/mol. The van der Waals surface area contributed by atoms with Crippen LogP contribution in [0.25, 0.3) is 20.7 Å². The minimum Gasteiger partial charge on any atom is -0.380 e. The van der Waals surface area contributed by atoms with Crippen molar-refractivity contribution in [3.05, 3.63) is 33.2 Å². The molecule has 0 aliphatic carbocycles. The van der Waals surface area contributed by atoms with Gasteiger partial charge in [-0.05, 0) is 23.8 Å². The fraction of sp³-hybridized carbons (Fsp3) is 0.450. The van der Waals surface area contributed by atoms with E-state index in [1.165, 1.54) is 27.7 Å². The highest BCUT2D eigenvalue weighted by Crippen LogP contribution is 2.34. The zero-order chi connectivity index (χ0) is 20.8. The third-order valence-electron chi connectivity index (χ3n) is 4.30. The van der Waals surface area contributed by atoms with Crippen molar-refractivity contribution < 1.29 is 9.53 Å². The maximum absolute atomic E-state index is 12.9. The molecule has 0 aliphatic rings. The average Bonchev–Trinajstić information content (AvgIpc) is 3.35. The van der Waals surface area contributed by atoms with E-state index in [1.807, 2.05) is 22.9 Å². The van der Waals surface area contributed by atoms with E-state index in [0.29, 0.717) is 41.0 Å². The van der Waals surface area contributed by atoms with Gasteiger partial charge in [0.25, 0.3) is 5.56 Å². The molecule has 3 aromatic heterocycles. The summed E-state index contributed by atoms with van der Waals surface area (Å²) in [5.41, 5.74) is 0.848. The lowest BCUT2D eigenvalue weighted by atomic mass is 10.1. The lowest BCUT2D eigenvalue weighted by Crippen LogP contribution is -2.29. The summed E-state index contributed by atoms with van der Waals surface area (Å²) < 4.78 is 7.02. The molecule has 6 nitrogen and oxygen atoms in total. The molecular weight excluding hydrogens is 426 g/mol. The number of carbonyl (C=O) groups excluding carboxylic acids is 1. The van der Waals surface area contributed by atoms with Crippen molar-refractivity contribution in [1.82, 2.24) is 14.9 Å². The maximum atomic E-state index is 12.9. The Bertz CT molecular complexity index is 1010. The number of hydrogen-bond donors (Lipinski definition) is 1. The Morgan fingerprint density at radius 1 is 1.34 bits per heavy atom. The Hall–Kier alpha value is -1.68. The number of hydrogen-bond acceptors (Lipinski definition) is 7. The predicted octanol–water partition coefficient (Wildman–Crippen LogP) is 3.99. The summed E-state index contributed by atoms with van der Waals surface area (Å²) in [5.74, 6) is 0.727. The van der Waals surface area contributed by atoms with Gasteiger partial charge in [0, 0.05) is 36.0 Å². The van der Waals surface area contributed by atoms with Crippen LogP contribution < -0.4 is 10.9 Å². The van der Waals surface area contributed by atoms with Crippen LogP contribution in [0.1, 0.15) is 20.3 Å². The predicted molar refractivity (Wildman–Crippen MR) is 122 cm³/mol. The molecule has 0 unspecified atom stereocenters. The van der Waals surface area contributed by atoms with E-state index in [2.05, 4.69) is 24.1 Å². The molecule has 1 N–H and O–H groups in total. The van der Waals surface area contributed by atoms with E-state index < -0.39 is 0 Å². The topological polar surface area (TPSA) is 73.2 Å². The van der Waals surface area contributed by atoms with Crippen molar-refractivity contribution in [2.45, 2.75) is 25.4 Å². The molecule has 3 aromatic rings. The first-order valence-corrected chi connectivity index (χ1v) is 12.2. The van der Waals surface area contributed by atoms with E-state index >= 15 is 0 Å². The molecule has 0 saturated carbocycles. The van der Waals surface area contributed by atoms with Gasteiger partial charge >= 0.3 is 0 Å². The highest BCUT2D eigenvalue weighted by atomic mass is 32.2. The van der Waals surface area contributed by atoms with Crippen molar-refractivity contribution in [1.29, 1.82) is 0 Å². The second kappa shape index (κ2) is 10.4. The Labute approximate surface area is 182 Å². The monoisotopic (exact) mass is 451 g/mol. The van der Waals surface area contributed by atoms with Crippen molar-refractivity contribution in [3.8, 4) is 10.4 Å². The van der Waals surface area contributed by atoms with Crippen LogP contribution >= 0.6 is 34.4 Å². The molecule has 9 heteroatoms. The van der Waals surface area contributed by atoms with Gasteiger partial charge in [-0.2, -0.15) is 0 Å². The van der Waals surface area contributed by atoms with Crippen molar-refractivity contribution in [2.24, 2.45) is 13.0 Å². The first kappa shape index (κ1) is 22.0. The Morgan fingerprint density at radius 3 is 2.90 bits per heavy atom. The summed E-state index contributed by atoms with van der Waals surface area (Å²) in [6.07, 6.45) is 1.02. The van der Waals surface area contributed by atoms with Crippen LogP contribution in [0.2, 0.25) is 0 Å². The van der Waals surface area contributed by atoms with Crippen molar-refractivity contribution >= 4 is 50.6 Å². The van der Waals surface area contributed by atoms with Crippen LogP contribution in [0.4, 0.5) is 0 Å². The number of rotatable bonds is 10. The first-order valence-electron chi connectivity index (χ1n) is 9.46. The van der Waals surface area contributed by atoms with Gasteiger partial charge in [0.15, 0.2) is 5.16 Å². The maximum Gasteiger partial charge on any atom is 0.263 e. The van der Waals surface area contributed by atoms with Gasteiger partial charge in [-0.1, -0.05) is 31.7 Å². The lowest BCUT2D eigenvalue weighted by Gasteiger charge is -2.09. The van der Waals surface area contributed by atoms with Crippen LogP contribution in [0, 0.1) is 5.92 Å². The highest BCUT2D eigenvalue weighted by Gasteiger charge is 2.16. The number of thiophene rings is 2. The molecule has 0 spiro atoms. The van der Waals surface area contributed by atoms with Gasteiger partial charge in [0.1, 0.15) is 4.83 Å². The number of ether oxygens (including phenoxy) is 1. The zero-order valence-corrected chi connectivity index (χ0v) is 19.2. The van der Waals surface area contributed by atoms with E-state index in [1.54, 1.807) is 18.4 Å². The minimum absolute atomic E-state index is 0.0823. The Balaban J connectivity index is 1.58. The number of aromatic nitrogens is 2. The van der Waals surface area contributed by atoms with Crippen molar-refractivity contribution in [3.63, 3.8) is 0 Å². The van der Waals surface area contributed by atoms with Gasteiger partial charge < -0.3 is 10.1 Å². The molecule has 3 heterocycles. The normalized spacial score (nSPS) is 11.4. The summed E-state index contributed by atoms with van der Waals surface area (Å²) in [4.78, 5) is 31.4. The highest BCUT2D eigenvalue weighted by molar-refractivity contribution is 7.99. The van der Waals surface area contributed by atoms with Gasteiger partial charge in [-0.25, -0.2) is 4.98 Å². The summed E-state index contributed by atoms with van der Waals surface area (Å²) >= 11 is 4.33. The summed E-state index contributed by atoms with van der Waals surface area (Å²) in [6.45, 7) is 6.01. The van der Waals surface area contributed by atoms with Crippen LogP contribution in [0.3, 0.4) is 0 Å². The van der Waals surface area contributed by atoms with Gasteiger partial charge in [-0.15, -0.1) is 22.7 Å². The zero-order valence-electron chi connectivity index (χ0n) is 16.8. The van der Waals surface area contributed by atoms with Crippen LogP contribution in [0.15, 0.2) is 32.8 Å². The molecule has 0 saturated heterocycles. The largest absolute Gasteiger partial charge is 0.380 e. The van der Waals surface area contributed by atoms with Gasteiger partial charge in [0.2, 0.25) is 5.91 Å². The third-order valence-corrected chi connectivity index (χ3v) is 7.11. The number of fused-ring (bicyclic) bond motifs is 1. The summed E-state index contributed by atoms with van der Waals surface area (Å²) in [5, 5.41) is 8.00. The van der Waals surface area contributed by atoms with Crippen LogP contribution in [-0.4, -0.2) is 41.0 Å². The van der Waals surface area contributed by atoms with E-state index in [-0.39, 0.29) is 17.2 Å². The number of nitrogens with zero attached hydrogens (tertiary/aromatic N) is 2. The molecule has 0 atom stereocenters. The van der Waals surface area contributed by atoms with Gasteiger partial charge in [0.05, 0.1) is 17.7 Å². The quantitative estimate of drug-likeness (QED) is 0.287. The molecule has 0 aliphatic heterocycles. The van der Waals surface area contributed by atoms with Gasteiger partial charge in [-0.3, -0.25) is 14.2 Å².